The molecule has 1 aliphatic rings. The van der Waals surface area contributed by atoms with Crippen LogP contribution in [0, 0.1) is 0 Å². The normalized spacial score (nSPS) is 15.1. The molecular weight excluding hydrogens is 462 g/mol. The van der Waals surface area contributed by atoms with Crippen molar-refractivity contribution in [2.24, 2.45) is 0 Å². The largest absolute Gasteiger partial charge is 0.494 e. The lowest BCUT2D eigenvalue weighted by molar-refractivity contribution is 0.0970. The van der Waals surface area contributed by atoms with Crippen molar-refractivity contribution in [2.75, 3.05) is 11.5 Å². The molecule has 8 heteroatoms. The lowest BCUT2D eigenvalue weighted by Gasteiger charge is -2.22. The van der Waals surface area contributed by atoms with Gasteiger partial charge < -0.3 is 9.15 Å². The number of hydrogen-bond acceptors (Lipinski definition) is 7. The Morgan fingerprint density at radius 2 is 1.80 bits per heavy atom. The Morgan fingerprint density at radius 1 is 1.00 bits per heavy atom. The van der Waals surface area contributed by atoms with Crippen molar-refractivity contribution >= 4 is 33.3 Å². The Kier molecular flexibility index (Phi) is 6.63. The second-order valence-electron chi connectivity index (χ2n) is 8.56. The maximum atomic E-state index is 13.6. The Balaban J connectivity index is 1.55. The minimum Gasteiger partial charge on any atom is -0.494 e. The summed E-state index contributed by atoms with van der Waals surface area (Å²) in [4.78, 5) is 28.7. The van der Waals surface area contributed by atoms with E-state index in [4.69, 9.17) is 9.15 Å². The van der Waals surface area contributed by atoms with Gasteiger partial charge in [-0.05, 0) is 42.7 Å². The topological polar surface area (TPSA) is 85.5 Å². The summed E-state index contributed by atoms with van der Waals surface area (Å²) < 4.78 is 11.9. The molecule has 35 heavy (non-hydrogen) atoms. The first-order valence-corrected chi connectivity index (χ1v) is 12.9. The number of aryl methyl sites for hydroxylation is 1. The first-order chi connectivity index (χ1) is 17.1. The fraction of sp³-hybridized carbons (Fsp3) is 0.333. The van der Waals surface area contributed by atoms with E-state index in [1.54, 1.807) is 24.3 Å². The Labute approximate surface area is 207 Å². The third-order valence-corrected chi connectivity index (χ3v) is 7.27. The first-order valence-electron chi connectivity index (χ1n) is 12.1. The zero-order valence-electron chi connectivity index (χ0n) is 19.8. The van der Waals surface area contributed by atoms with Crippen molar-refractivity contribution in [1.29, 1.82) is 0 Å². The molecule has 2 aromatic heterocycles. The Hall–Kier alpha value is -3.52. The Morgan fingerprint density at radius 3 is 2.54 bits per heavy atom. The average Bonchev–Trinajstić information content (AvgIpc) is 3.47. The molecule has 5 rings (SSSR count). The molecule has 0 aliphatic carbocycles. The molecule has 1 amide bonds. The van der Waals surface area contributed by atoms with Crippen LogP contribution in [0.1, 0.15) is 72.3 Å². The zero-order valence-corrected chi connectivity index (χ0v) is 20.6. The quantitative estimate of drug-likeness (QED) is 0.272. The van der Waals surface area contributed by atoms with Gasteiger partial charge in [0, 0.05) is 0 Å². The van der Waals surface area contributed by atoms with Gasteiger partial charge in [-0.25, -0.2) is 0 Å². The number of anilines is 1. The number of nitrogens with zero attached hydrogens (tertiary/aromatic N) is 3. The highest BCUT2D eigenvalue weighted by molar-refractivity contribution is 7.15. The molecule has 1 aliphatic heterocycles. The third kappa shape index (κ3) is 4.34. The summed E-state index contributed by atoms with van der Waals surface area (Å²) in [6.07, 6.45) is 5.26. The highest BCUT2D eigenvalue weighted by Gasteiger charge is 2.45. The minimum atomic E-state index is -0.658. The monoisotopic (exact) mass is 489 g/mol. The highest BCUT2D eigenvalue weighted by Crippen LogP contribution is 2.42. The molecule has 0 fully saturated rings. The molecule has 7 nitrogen and oxygen atoms in total. The lowest BCUT2D eigenvalue weighted by Crippen LogP contribution is -2.29. The number of rotatable bonds is 9. The number of carbonyl (C=O) groups is 1. The second kappa shape index (κ2) is 10.00. The maximum absolute atomic E-state index is 13.6. The fourth-order valence-electron chi connectivity index (χ4n) is 4.38. The van der Waals surface area contributed by atoms with Crippen LogP contribution in [0.4, 0.5) is 5.13 Å². The molecule has 180 valence electrons. The van der Waals surface area contributed by atoms with E-state index in [2.05, 4.69) is 17.1 Å². The van der Waals surface area contributed by atoms with Crippen LogP contribution in [0.5, 0.6) is 5.75 Å². The molecule has 2 aromatic carbocycles. The van der Waals surface area contributed by atoms with E-state index in [9.17, 15) is 9.59 Å². The number of fused-ring (bicyclic) bond motifs is 2. The van der Waals surface area contributed by atoms with Gasteiger partial charge in [0.05, 0.1) is 23.6 Å². The molecule has 3 heterocycles. The van der Waals surface area contributed by atoms with Gasteiger partial charge in [0.15, 0.2) is 5.43 Å². The predicted octanol–water partition coefficient (Wildman–Crippen LogP) is 5.92. The number of ether oxygens (including phenoxy) is 1. The molecule has 0 bridgehead atoms. The van der Waals surface area contributed by atoms with E-state index >= 15 is 0 Å². The van der Waals surface area contributed by atoms with E-state index < -0.39 is 6.04 Å². The van der Waals surface area contributed by atoms with Crippen LogP contribution in [0.15, 0.2) is 57.7 Å². The number of para-hydroxylation sites is 1. The number of benzene rings is 2. The van der Waals surface area contributed by atoms with Gasteiger partial charge in [0.25, 0.3) is 5.91 Å². The van der Waals surface area contributed by atoms with Crippen LogP contribution in [0.2, 0.25) is 0 Å². The van der Waals surface area contributed by atoms with E-state index in [1.165, 1.54) is 29.1 Å². The molecule has 4 aromatic rings. The van der Waals surface area contributed by atoms with Gasteiger partial charge in [0.2, 0.25) is 10.9 Å². The molecule has 0 saturated carbocycles. The van der Waals surface area contributed by atoms with Gasteiger partial charge in [-0.2, -0.15) is 0 Å². The molecule has 0 spiro atoms. The SMILES string of the molecule is CCCCCCOc1ccc(C2c3c(oc4ccccc4c3=O)C(=O)N2c2nnc(CC)s2)cc1. The molecule has 0 N–H and O–H groups in total. The summed E-state index contributed by atoms with van der Waals surface area (Å²) in [6.45, 7) is 4.83. The van der Waals surface area contributed by atoms with Crippen LogP contribution in [0.3, 0.4) is 0 Å². The van der Waals surface area contributed by atoms with E-state index in [0.29, 0.717) is 34.7 Å². The van der Waals surface area contributed by atoms with Gasteiger partial charge in [-0.3, -0.25) is 14.5 Å². The van der Waals surface area contributed by atoms with Crippen molar-refractivity contribution < 1.29 is 13.9 Å². The maximum Gasteiger partial charge on any atom is 0.297 e. The summed E-state index contributed by atoms with van der Waals surface area (Å²) in [5, 5.41) is 10.2. The summed E-state index contributed by atoms with van der Waals surface area (Å²) in [6, 6.07) is 13.9. The second-order valence-corrected chi connectivity index (χ2v) is 9.60. The standard InChI is InChI=1S/C27H27N3O4S/c1-3-5-6-9-16-33-18-14-12-17(13-15-18)23-22-24(31)19-10-7-8-11-20(19)34-25(22)26(32)30(23)27-29-28-21(4-2)35-27/h7-8,10-15,23H,3-6,9,16H2,1-2H3. The predicted molar refractivity (Wildman–Crippen MR) is 137 cm³/mol. The zero-order chi connectivity index (χ0) is 24.4. The summed E-state index contributed by atoms with van der Waals surface area (Å²) in [5.74, 6) is 0.433. The van der Waals surface area contributed by atoms with Crippen LogP contribution in [0.25, 0.3) is 11.0 Å². The highest BCUT2D eigenvalue weighted by atomic mass is 32.1. The van der Waals surface area contributed by atoms with Crippen molar-refractivity contribution in [3.63, 3.8) is 0 Å². The van der Waals surface area contributed by atoms with Crippen molar-refractivity contribution in [2.45, 2.75) is 52.0 Å². The van der Waals surface area contributed by atoms with Crippen LogP contribution < -0.4 is 15.1 Å². The molecule has 0 radical (unpaired) electrons. The molecule has 1 atom stereocenters. The van der Waals surface area contributed by atoms with Crippen LogP contribution >= 0.6 is 11.3 Å². The third-order valence-electron chi connectivity index (χ3n) is 6.20. The number of carbonyl (C=O) groups excluding carboxylic acids is 1. The van der Waals surface area contributed by atoms with Crippen molar-refractivity contribution in [3.05, 3.63) is 80.6 Å². The van der Waals surface area contributed by atoms with Crippen LogP contribution in [-0.2, 0) is 6.42 Å². The van der Waals surface area contributed by atoms with Crippen molar-refractivity contribution in [1.82, 2.24) is 10.2 Å². The van der Waals surface area contributed by atoms with Gasteiger partial charge in [-0.1, -0.05) is 68.7 Å². The number of amides is 1. The summed E-state index contributed by atoms with van der Waals surface area (Å²) in [5.41, 5.74) is 1.30. The van der Waals surface area contributed by atoms with E-state index in [0.717, 1.165) is 29.2 Å². The first kappa shape index (κ1) is 23.2. The molecule has 0 saturated heterocycles. The smallest absolute Gasteiger partial charge is 0.297 e. The van der Waals surface area contributed by atoms with E-state index in [1.807, 2.05) is 31.2 Å². The lowest BCUT2D eigenvalue weighted by atomic mass is 9.98. The average molecular weight is 490 g/mol. The minimum absolute atomic E-state index is 0.0585. The molecule has 1 unspecified atom stereocenters. The summed E-state index contributed by atoms with van der Waals surface area (Å²) in [7, 11) is 0. The molecular formula is C27H27N3O4S. The fourth-order valence-corrected chi connectivity index (χ4v) is 5.19. The number of hydrogen-bond donors (Lipinski definition) is 0. The Bertz CT molecular complexity index is 1410. The summed E-state index contributed by atoms with van der Waals surface area (Å²) >= 11 is 1.35. The van der Waals surface area contributed by atoms with Gasteiger partial charge >= 0.3 is 0 Å². The number of aromatic nitrogens is 2. The number of unbranched alkanes of at least 4 members (excludes halogenated alkanes) is 3. The van der Waals surface area contributed by atoms with E-state index in [-0.39, 0.29) is 17.1 Å². The van der Waals surface area contributed by atoms with Gasteiger partial charge in [0.1, 0.15) is 16.3 Å². The van der Waals surface area contributed by atoms with Crippen molar-refractivity contribution in [3.8, 4) is 5.75 Å². The van der Waals surface area contributed by atoms with Gasteiger partial charge in [-0.15, -0.1) is 10.2 Å². The van der Waals surface area contributed by atoms with Crippen LogP contribution in [-0.4, -0.2) is 22.7 Å².